The predicted octanol–water partition coefficient (Wildman–Crippen LogP) is 1.78. The number of hydrogen-bond acceptors (Lipinski definition) is 3. The molecule has 0 radical (unpaired) electrons. The highest BCUT2D eigenvalue weighted by molar-refractivity contribution is 5.39. The molecule has 0 unspecified atom stereocenters. The van der Waals surface area contributed by atoms with Gasteiger partial charge in [0.05, 0.1) is 24.1 Å². The smallest absolute Gasteiger partial charge is 0.0991 e. The number of rotatable bonds is 2. The summed E-state index contributed by atoms with van der Waals surface area (Å²) in [4.78, 5) is 0. The van der Waals surface area contributed by atoms with Gasteiger partial charge in [0.25, 0.3) is 0 Å². The molecule has 1 aromatic carbocycles. The van der Waals surface area contributed by atoms with Gasteiger partial charge in [-0.25, -0.2) is 0 Å². The van der Waals surface area contributed by atoms with Crippen molar-refractivity contribution in [3.05, 3.63) is 34.9 Å². The Morgan fingerprint density at radius 3 is 2.64 bits per heavy atom. The lowest BCUT2D eigenvalue weighted by Crippen LogP contribution is -2.10. The number of nitrogens with two attached hydrogens (primary N) is 1. The van der Waals surface area contributed by atoms with Crippen LogP contribution in [0.3, 0.4) is 0 Å². The van der Waals surface area contributed by atoms with Gasteiger partial charge >= 0.3 is 0 Å². The second-order valence-corrected chi connectivity index (χ2v) is 3.15. The van der Waals surface area contributed by atoms with Crippen LogP contribution in [-0.4, -0.2) is 0 Å². The average molecular weight is 185 g/mol. The van der Waals surface area contributed by atoms with E-state index in [0.717, 1.165) is 11.1 Å². The summed E-state index contributed by atoms with van der Waals surface area (Å²) >= 11 is 0. The molecule has 0 aliphatic carbocycles. The maximum atomic E-state index is 8.66. The molecule has 70 valence electrons. The molecule has 1 rings (SSSR count). The third-order valence-corrected chi connectivity index (χ3v) is 2.11. The highest BCUT2D eigenvalue weighted by Crippen LogP contribution is 2.19. The molecule has 0 saturated carbocycles. The van der Waals surface area contributed by atoms with Crippen LogP contribution in [-0.2, 0) is 0 Å². The maximum absolute atomic E-state index is 8.66. The fraction of sp³-hybridized carbons (Fsp3) is 0.273. The van der Waals surface area contributed by atoms with Crippen LogP contribution < -0.4 is 5.73 Å². The Hall–Kier alpha value is -1.84. The second-order valence-electron chi connectivity index (χ2n) is 3.15. The van der Waals surface area contributed by atoms with E-state index in [4.69, 9.17) is 16.3 Å². The monoisotopic (exact) mass is 185 g/mol. The van der Waals surface area contributed by atoms with E-state index in [9.17, 15) is 0 Å². The zero-order chi connectivity index (χ0) is 10.6. The molecular weight excluding hydrogens is 174 g/mol. The quantitative estimate of drug-likeness (QED) is 0.763. The molecule has 0 fully saturated rings. The van der Waals surface area contributed by atoms with Crippen LogP contribution in [0, 0.1) is 29.6 Å². The number of benzene rings is 1. The van der Waals surface area contributed by atoms with Crippen LogP contribution >= 0.6 is 0 Å². The first-order valence-electron chi connectivity index (χ1n) is 4.32. The van der Waals surface area contributed by atoms with Crippen LogP contribution in [0.4, 0.5) is 0 Å². The Morgan fingerprint density at radius 2 is 2.14 bits per heavy atom. The zero-order valence-electron chi connectivity index (χ0n) is 7.99. The summed E-state index contributed by atoms with van der Waals surface area (Å²) in [5, 5.41) is 17.2. The summed E-state index contributed by atoms with van der Waals surface area (Å²) in [6.07, 6.45) is 0.298. The van der Waals surface area contributed by atoms with Gasteiger partial charge in [-0.2, -0.15) is 10.5 Å². The summed E-state index contributed by atoms with van der Waals surface area (Å²) in [6, 6.07) is 9.16. The number of aryl methyl sites for hydroxylation is 1. The van der Waals surface area contributed by atoms with E-state index in [2.05, 4.69) is 6.07 Å². The van der Waals surface area contributed by atoms with E-state index < -0.39 is 0 Å². The van der Waals surface area contributed by atoms with E-state index in [0.29, 0.717) is 12.0 Å². The van der Waals surface area contributed by atoms with Crippen molar-refractivity contribution in [2.75, 3.05) is 0 Å². The third kappa shape index (κ3) is 2.10. The van der Waals surface area contributed by atoms with Crippen LogP contribution in [0.5, 0.6) is 0 Å². The van der Waals surface area contributed by atoms with Crippen molar-refractivity contribution in [3.8, 4) is 12.1 Å². The minimum atomic E-state index is -0.257. The summed E-state index contributed by atoms with van der Waals surface area (Å²) in [5.74, 6) is 0. The van der Waals surface area contributed by atoms with E-state index in [1.165, 1.54) is 0 Å². The van der Waals surface area contributed by atoms with E-state index >= 15 is 0 Å². The van der Waals surface area contributed by atoms with Crippen LogP contribution in [0.1, 0.15) is 29.2 Å². The molecule has 0 amide bonds. The SMILES string of the molecule is Cc1cc(C#N)ccc1[C@@H](N)CC#N. The molecule has 0 saturated heterocycles. The summed E-state index contributed by atoms with van der Waals surface area (Å²) in [7, 11) is 0. The minimum Gasteiger partial charge on any atom is -0.323 e. The molecule has 2 N–H and O–H groups in total. The largest absolute Gasteiger partial charge is 0.323 e. The topological polar surface area (TPSA) is 73.6 Å². The second kappa shape index (κ2) is 4.41. The Bertz CT molecular complexity index is 410. The molecule has 1 atom stereocenters. The van der Waals surface area contributed by atoms with Crippen molar-refractivity contribution < 1.29 is 0 Å². The molecule has 0 spiro atoms. The molecule has 3 heteroatoms. The first-order valence-corrected chi connectivity index (χ1v) is 4.32. The zero-order valence-corrected chi connectivity index (χ0v) is 7.99. The molecule has 1 aromatic rings. The third-order valence-electron chi connectivity index (χ3n) is 2.11. The Kier molecular flexibility index (Phi) is 3.23. The van der Waals surface area contributed by atoms with Crippen molar-refractivity contribution in [1.29, 1.82) is 10.5 Å². The highest BCUT2D eigenvalue weighted by atomic mass is 14.6. The fourth-order valence-corrected chi connectivity index (χ4v) is 1.37. The Morgan fingerprint density at radius 1 is 1.43 bits per heavy atom. The first-order chi connectivity index (χ1) is 6.69. The van der Waals surface area contributed by atoms with Gasteiger partial charge < -0.3 is 5.73 Å². The van der Waals surface area contributed by atoms with E-state index in [1.807, 2.05) is 19.1 Å². The lowest BCUT2D eigenvalue weighted by Gasteiger charge is -2.11. The Balaban J connectivity index is 3.02. The number of hydrogen-bond donors (Lipinski definition) is 1. The summed E-state index contributed by atoms with van der Waals surface area (Å²) < 4.78 is 0. The van der Waals surface area contributed by atoms with Gasteiger partial charge in [0.2, 0.25) is 0 Å². The predicted molar refractivity (Wildman–Crippen MR) is 53.1 cm³/mol. The maximum Gasteiger partial charge on any atom is 0.0991 e. The lowest BCUT2D eigenvalue weighted by atomic mass is 9.98. The van der Waals surface area contributed by atoms with Crippen LogP contribution in [0.15, 0.2) is 18.2 Å². The first kappa shape index (κ1) is 10.2. The Labute approximate surface area is 83.4 Å². The van der Waals surface area contributed by atoms with Gasteiger partial charge in [-0.3, -0.25) is 0 Å². The van der Waals surface area contributed by atoms with Gasteiger partial charge in [0.1, 0.15) is 0 Å². The normalized spacial score (nSPS) is 11.4. The van der Waals surface area contributed by atoms with Gasteiger partial charge in [0, 0.05) is 6.04 Å². The minimum absolute atomic E-state index is 0.257. The molecule has 0 heterocycles. The number of nitrogens with zero attached hydrogens (tertiary/aromatic N) is 2. The molecule has 0 bridgehead atoms. The lowest BCUT2D eigenvalue weighted by molar-refractivity contribution is 0.742. The van der Waals surface area contributed by atoms with Gasteiger partial charge in [-0.05, 0) is 30.2 Å². The van der Waals surface area contributed by atoms with Gasteiger partial charge in [-0.1, -0.05) is 6.07 Å². The summed E-state index contributed by atoms with van der Waals surface area (Å²) in [5.41, 5.74) is 8.31. The molecule has 0 aliphatic heterocycles. The molecule has 14 heavy (non-hydrogen) atoms. The molecule has 0 aromatic heterocycles. The molecular formula is C11H11N3. The van der Waals surface area contributed by atoms with Gasteiger partial charge in [0.15, 0.2) is 0 Å². The van der Waals surface area contributed by atoms with Crippen molar-refractivity contribution in [2.45, 2.75) is 19.4 Å². The van der Waals surface area contributed by atoms with Crippen LogP contribution in [0.2, 0.25) is 0 Å². The van der Waals surface area contributed by atoms with Gasteiger partial charge in [-0.15, -0.1) is 0 Å². The fourth-order valence-electron chi connectivity index (χ4n) is 1.37. The van der Waals surface area contributed by atoms with Crippen LogP contribution in [0.25, 0.3) is 0 Å². The summed E-state index contributed by atoms with van der Waals surface area (Å²) in [6.45, 7) is 1.90. The highest BCUT2D eigenvalue weighted by Gasteiger charge is 2.08. The van der Waals surface area contributed by atoms with Crippen molar-refractivity contribution in [1.82, 2.24) is 0 Å². The van der Waals surface area contributed by atoms with Crippen molar-refractivity contribution in [2.24, 2.45) is 5.73 Å². The van der Waals surface area contributed by atoms with Crippen molar-refractivity contribution >= 4 is 0 Å². The standard InChI is InChI=1S/C11H11N3/c1-8-6-9(7-13)2-3-10(8)11(14)4-5-12/h2-3,6,11H,4,14H2,1H3/t11-/m0/s1. The molecule has 3 nitrogen and oxygen atoms in total. The van der Waals surface area contributed by atoms with E-state index in [-0.39, 0.29) is 6.04 Å². The average Bonchev–Trinajstić information content (AvgIpc) is 2.17. The van der Waals surface area contributed by atoms with Crippen molar-refractivity contribution in [3.63, 3.8) is 0 Å². The molecule has 0 aliphatic rings. The van der Waals surface area contributed by atoms with E-state index in [1.54, 1.807) is 12.1 Å². The number of nitriles is 2.